The van der Waals surface area contributed by atoms with E-state index >= 15 is 0 Å². The van der Waals surface area contributed by atoms with E-state index in [1.807, 2.05) is 24.3 Å². The fourth-order valence-electron chi connectivity index (χ4n) is 2.83. The first kappa shape index (κ1) is 14.9. The van der Waals surface area contributed by atoms with Crippen LogP contribution in [0.1, 0.15) is 31.2 Å². The van der Waals surface area contributed by atoms with Crippen molar-refractivity contribution in [3.63, 3.8) is 0 Å². The molecule has 110 valence electrons. The Morgan fingerprint density at radius 3 is 2.80 bits per heavy atom. The molecule has 4 nitrogen and oxygen atoms in total. The molecule has 4 heteroatoms. The van der Waals surface area contributed by atoms with Crippen molar-refractivity contribution in [1.29, 1.82) is 0 Å². The summed E-state index contributed by atoms with van der Waals surface area (Å²) in [5, 5.41) is 12.5. The van der Waals surface area contributed by atoms with Gasteiger partial charge in [-0.1, -0.05) is 25.0 Å². The Labute approximate surface area is 120 Å². The number of amides is 1. The normalized spacial score (nSPS) is 16.9. The second-order valence-electron chi connectivity index (χ2n) is 5.67. The van der Waals surface area contributed by atoms with Gasteiger partial charge in [0.15, 0.2) is 0 Å². The van der Waals surface area contributed by atoms with E-state index in [4.69, 9.17) is 4.74 Å². The molecule has 2 rings (SSSR count). The van der Waals surface area contributed by atoms with Gasteiger partial charge in [-0.3, -0.25) is 4.79 Å². The van der Waals surface area contributed by atoms with Crippen LogP contribution in [0.2, 0.25) is 0 Å². The Kier molecular flexibility index (Phi) is 5.01. The molecule has 20 heavy (non-hydrogen) atoms. The molecule has 0 unspecified atom stereocenters. The minimum absolute atomic E-state index is 0.00187. The van der Waals surface area contributed by atoms with E-state index in [0.29, 0.717) is 13.0 Å². The van der Waals surface area contributed by atoms with Gasteiger partial charge in [-0.25, -0.2) is 0 Å². The number of carbonyl (C=O) groups is 1. The summed E-state index contributed by atoms with van der Waals surface area (Å²) in [6.07, 6.45) is 4.64. The SMILES string of the molecule is COc1cccc(CC(=O)NCC2(CO)CCCC2)c1. The lowest BCUT2D eigenvalue weighted by molar-refractivity contribution is -0.121. The summed E-state index contributed by atoms with van der Waals surface area (Å²) >= 11 is 0. The molecule has 0 atom stereocenters. The summed E-state index contributed by atoms with van der Waals surface area (Å²) in [6.45, 7) is 0.735. The molecule has 1 amide bonds. The van der Waals surface area contributed by atoms with Crippen molar-refractivity contribution in [1.82, 2.24) is 5.32 Å². The number of rotatable bonds is 6. The van der Waals surface area contributed by atoms with Crippen molar-refractivity contribution in [3.8, 4) is 5.75 Å². The van der Waals surface area contributed by atoms with Crippen molar-refractivity contribution < 1.29 is 14.6 Å². The number of benzene rings is 1. The summed E-state index contributed by atoms with van der Waals surface area (Å²) in [6, 6.07) is 7.53. The van der Waals surface area contributed by atoms with Crippen molar-refractivity contribution in [2.24, 2.45) is 5.41 Å². The van der Waals surface area contributed by atoms with Crippen LogP contribution in [0, 0.1) is 5.41 Å². The maximum absolute atomic E-state index is 12.0. The topological polar surface area (TPSA) is 58.6 Å². The Bertz CT molecular complexity index is 453. The third kappa shape index (κ3) is 3.73. The number of aliphatic hydroxyl groups is 1. The molecule has 1 saturated carbocycles. The standard InChI is InChI=1S/C16H23NO3/c1-20-14-6-4-5-13(9-14)10-15(19)17-11-16(12-18)7-2-3-8-16/h4-6,9,18H,2-3,7-8,10-12H2,1H3,(H,17,19). The molecule has 1 aliphatic rings. The fourth-order valence-corrected chi connectivity index (χ4v) is 2.83. The molecular weight excluding hydrogens is 254 g/mol. The summed E-state index contributed by atoms with van der Waals surface area (Å²) in [4.78, 5) is 12.0. The number of carbonyl (C=O) groups excluding carboxylic acids is 1. The quantitative estimate of drug-likeness (QED) is 0.835. The van der Waals surface area contributed by atoms with Gasteiger partial charge in [0.1, 0.15) is 5.75 Å². The average Bonchev–Trinajstić information content (AvgIpc) is 2.95. The molecule has 0 saturated heterocycles. The number of hydrogen-bond acceptors (Lipinski definition) is 3. The predicted molar refractivity (Wildman–Crippen MR) is 77.7 cm³/mol. The molecule has 1 aliphatic carbocycles. The number of ether oxygens (including phenoxy) is 1. The van der Waals surface area contributed by atoms with E-state index in [1.54, 1.807) is 7.11 Å². The first-order chi connectivity index (χ1) is 9.67. The van der Waals surface area contributed by atoms with Gasteiger partial charge >= 0.3 is 0 Å². The highest BCUT2D eigenvalue weighted by Crippen LogP contribution is 2.36. The zero-order valence-corrected chi connectivity index (χ0v) is 12.0. The Morgan fingerprint density at radius 1 is 1.40 bits per heavy atom. The second kappa shape index (κ2) is 6.75. The number of nitrogens with one attached hydrogen (secondary N) is 1. The van der Waals surface area contributed by atoms with Gasteiger partial charge in [-0.15, -0.1) is 0 Å². The van der Waals surface area contributed by atoms with Crippen LogP contribution < -0.4 is 10.1 Å². The first-order valence-electron chi connectivity index (χ1n) is 7.18. The molecule has 0 aliphatic heterocycles. The van der Waals surface area contributed by atoms with E-state index in [0.717, 1.165) is 37.0 Å². The lowest BCUT2D eigenvalue weighted by Crippen LogP contribution is -2.38. The van der Waals surface area contributed by atoms with Crippen LogP contribution in [0.4, 0.5) is 0 Å². The molecule has 0 bridgehead atoms. The molecule has 0 aromatic heterocycles. The molecule has 0 heterocycles. The van der Waals surface area contributed by atoms with Gasteiger partial charge < -0.3 is 15.2 Å². The van der Waals surface area contributed by atoms with Gasteiger partial charge in [0.2, 0.25) is 5.91 Å². The molecule has 0 radical (unpaired) electrons. The minimum atomic E-state index is -0.0932. The zero-order valence-electron chi connectivity index (χ0n) is 12.0. The fraction of sp³-hybridized carbons (Fsp3) is 0.562. The van der Waals surface area contributed by atoms with Crippen molar-refractivity contribution in [3.05, 3.63) is 29.8 Å². The molecular formula is C16H23NO3. The lowest BCUT2D eigenvalue weighted by atomic mass is 9.87. The summed E-state index contributed by atoms with van der Waals surface area (Å²) in [5.74, 6) is 0.760. The van der Waals surface area contributed by atoms with E-state index in [2.05, 4.69) is 5.32 Å². The minimum Gasteiger partial charge on any atom is -0.497 e. The zero-order chi connectivity index (χ0) is 14.4. The third-order valence-electron chi connectivity index (χ3n) is 4.16. The smallest absolute Gasteiger partial charge is 0.224 e. The lowest BCUT2D eigenvalue weighted by Gasteiger charge is -2.26. The number of aliphatic hydroxyl groups excluding tert-OH is 1. The first-order valence-corrected chi connectivity index (χ1v) is 7.18. The highest BCUT2D eigenvalue weighted by Gasteiger charge is 2.33. The molecule has 0 spiro atoms. The highest BCUT2D eigenvalue weighted by atomic mass is 16.5. The van der Waals surface area contributed by atoms with Crippen LogP contribution >= 0.6 is 0 Å². The average molecular weight is 277 g/mol. The number of methoxy groups -OCH3 is 1. The summed E-state index contributed by atoms with van der Waals surface area (Å²) in [7, 11) is 1.62. The Balaban J connectivity index is 1.85. The van der Waals surface area contributed by atoms with Crippen LogP contribution in [0.25, 0.3) is 0 Å². The van der Waals surface area contributed by atoms with Gasteiger partial charge in [0, 0.05) is 12.0 Å². The van der Waals surface area contributed by atoms with Crippen LogP contribution in [0.3, 0.4) is 0 Å². The monoisotopic (exact) mass is 277 g/mol. The Hall–Kier alpha value is -1.55. The third-order valence-corrected chi connectivity index (χ3v) is 4.16. The van der Waals surface area contributed by atoms with Crippen LogP contribution in [0.5, 0.6) is 5.75 Å². The predicted octanol–water partition coefficient (Wildman–Crippen LogP) is 1.91. The summed E-state index contributed by atoms with van der Waals surface area (Å²) in [5.41, 5.74) is 0.843. The van der Waals surface area contributed by atoms with E-state index < -0.39 is 0 Å². The van der Waals surface area contributed by atoms with Gasteiger partial charge in [-0.2, -0.15) is 0 Å². The van der Waals surface area contributed by atoms with E-state index in [9.17, 15) is 9.90 Å². The maximum Gasteiger partial charge on any atom is 0.224 e. The highest BCUT2D eigenvalue weighted by molar-refractivity contribution is 5.78. The van der Waals surface area contributed by atoms with Crippen molar-refractivity contribution >= 4 is 5.91 Å². The molecule has 1 aromatic carbocycles. The van der Waals surface area contributed by atoms with Crippen LogP contribution in [0.15, 0.2) is 24.3 Å². The molecule has 2 N–H and O–H groups in total. The van der Waals surface area contributed by atoms with Crippen molar-refractivity contribution in [2.75, 3.05) is 20.3 Å². The van der Waals surface area contributed by atoms with Crippen LogP contribution in [-0.2, 0) is 11.2 Å². The molecule has 1 aromatic rings. The van der Waals surface area contributed by atoms with Crippen molar-refractivity contribution in [2.45, 2.75) is 32.1 Å². The van der Waals surface area contributed by atoms with E-state index in [-0.39, 0.29) is 17.9 Å². The number of hydrogen-bond donors (Lipinski definition) is 2. The largest absolute Gasteiger partial charge is 0.497 e. The Morgan fingerprint density at radius 2 is 2.15 bits per heavy atom. The van der Waals surface area contributed by atoms with E-state index in [1.165, 1.54) is 0 Å². The van der Waals surface area contributed by atoms with Crippen LogP contribution in [-0.4, -0.2) is 31.3 Å². The van der Waals surface area contributed by atoms with Gasteiger partial charge in [0.25, 0.3) is 0 Å². The van der Waals surface area contributed by atoms with Gasteiger partial charge in [0.05, 0.1) is 20.1 Å². The maximum atomic E-state index is 12.0. The molecule has 1 fully saturated rings. The summed E-state index contributed by atoms with van der Waals surface area (Å²) < 4.78 is 5.15. The van der Waals surface area contributed by atoms with Gasteiger partial charge in [-0.05, 0) is 30.5 Å². The second-order valence-corrected chi connectivity index (χ2v) is 5.67.